The minimum absolute atomic E-state index is 0.146. The van der Waals surface area contributed by atoms with E-state index in [1.54, 1.807) is 0 Å². The van der Waals surface area contributed by atoms with Crippen LogP contribution in [0.1, 0.15) is 34.6 Å². The molecule has 0 aliphatic heterocycles. The molecule has 0 aliphatic carbocycles. The van der Waals surface area contributed by atoms with E-state index in [9.17, 15) is 4.79 Å². The highest BCUT2D eigenvalue weighted by molar-refractivity contribution is 7.21. The third kappa shape index (κ3) is 3.13. The molecule has 0 heterocycles. The molecule has 1 nitrogen and oxygen atoms in total. The molecule has 0 aromatic rings. The Kier molecular flexibility index (Phi) is 3.40. The van der Waals surface area contributed by atoms with Crippen molar-refractivity contribution < 1.29 is 4.79 Å². The van der Waals surface area contributed by atoms with Gasteiger partial charge in [0.1, 0.15) is 0 Å². The molecule has 0 spiro atoms. The number of hydrogen-bond donors (Lipinski definition) is 0. The van der Waals surface area contributed by atoms with Crippen LogP contribution in [0.2, 0.25) is 5.82 Å². The summed E-state index contributed by atoms with van der Waals surface area (Å²) in [6.45, 7) is 9.32. The number of carbonyl (C=O) groups excluding carboxylic acids is 1. The Hall–Kier alpha value is -0.200. The minimum atomic E-state index is -0.310. The van der Waals surface area contributed by atoms with Gasteiger partial charge in [-0.1, -0.05) is 40.4 Å². The lowest BCUT2D eigenvalue weighted by atomic mass is 9.23. The summed E-state index contributed by atoms with van der Waals surface area (Å²) in [7, 11) is 5.70. The topological polar surface area (TPSA) is 17.1 Å². The monoisotopic (exact) mass is 150 g/mol. The molecule has 60 valence electrons. The van der Waals surface area contributed by atoms with Crippen molar-refractivity contribution in [3.8, 4) is 0 Å². The summed E-state index contributed by atoms with van der Waals surface area (Å²) >= 11 is 0. The van der Waals surface area contributed by atoms with Gasteiger partial charge in [0, 0.05) is 13.2 Å². The van der Waals surface area contributed by atoms with E-state index in [1.807, 2.05) is 34.6 Å². The molecule has 0 N–H and O–H groups in total. The van der Waals surface area contributed by atoms with Crippen LogP contribution in [0.4, 0.5) is 0 Å². The molecule has 0 aromatic heterocycles. The highest BCUT2D eigenvalue weighted by Crippen LogP contribution is 2.19. The van der Waals surface area contributed by atoms with Crippen molar-refractivity contribution in [1.82, 2.24) is 0 Å². The van der Waals surface area contributed by atoms with Crippen LogP contribution in [0, 0.1) is 5.41 Å². The fraction of sp³-hybridized carbons (Fsp3) is 0.875. The normalized spacial score (nSPS) is 11.8. The van der Waals surface area contributed by atoms with Crippen LogP contribution < -0.4 is 0 Å². The first kappa shape index (κ1) is 10.8. The highest BCUT2D eigenvalue weighted by atomic mass is 16.1. The molecule has 0 aliphatic rings. The molecule has 2 radical (unpaired) electrons. The first-order valence-electron chi connectivity index (χ1n) is 4.06. The summed E-state index contributed by atoms with van der Waals surface area (Å²) in [6, 6.07) is 0. The standard InChI is InChI=1S/C8H16B2O/c1-6(2)10(9)7(11)8(3,4)5/h6H,1-5H3. The first-order valence-corrected chi connectivity index (χ1v) is 4.06. The zero-order valence-electron chi connectivity index (χ0n) is 8.14. The molecule has 0 amide bonds. The fourth-order valence-electron chi connectivity index (χ4n) is 0.803. The lowest BCUT2D eigenvalue weighted by Gasteiger charge is -2.22. The van der Waals surface area contributed by atoms with Crippen molar-refractivity contribution in [2.45, 2.75) is 40.4 Å². The predicted octanol–water partition coefficient (Wildman–Crippen LogP) is 1.71. The van der Waals surface area contributed by atoms with Crippen LogP contribution in [0.25, 0.3) is 0 Å². The molecule has 0 unspecified atom stereocenters. The van der Waals surface area contributed by atoms with Gasteiger partial charge in [-0.15, -0.1) is 0 Å². The van der Waals surface area contributed by atoms with E-state index < -0.39 is 0 Å². The summed E-state index contributed by atoms with van der Waals surface area (Å²) in [5.74, 6) is 0.238. The van der Waals surface area contributed by atoms with Crippen LogP contribution in [0.15, 0.2) is 0 Å². The Morgan fingerprint density at radius 2 is 1.73 bits per heavy atom. The van der Waals surface area contributed by atoms with E-state index in [2.05, 4.69) is 0 Å². The average molecular weight is 150 g/mol. The number of hydrogen-bond acceptors (Lipinski definition) is 1. The summed E-state index contributed by atoms with van der Waals surface area (Å²) < 4.78 is 0. The molecule has 0 atom stereocenters. The van der Waals surface area contributed by atoms with Crippen molar-refractivity contribution in [1.29, 1.82) is 0 Å². The van der Waals surface area contributed by atoms with Crippen molar-refractivity contribution in [2.24, 2.45) is 5.41 Å². The summed E-state index contributed by atoms with van der Waals surface area (Å²) in [4.78, 5) is 11.5. The van der Waals surface area contributed by atoms with E-state index >= 15 is 0 Å². The molecule has 0 saturated carbocycles. The first-order chi connectivity index (χ1) is 4.76. The average Bonchev–Trinajstić information content (AvgIpc) is 1.82. The van der Waals surface area contributed by atoms with Crippen molar-refractivity contribution in [3.63, 3.8) is 0 Å². The summed E-state index contributed by atoms with van der Waals surface area (Å²) in [5, 5.41) is 0. The summed E-state index contributed by atoms with van der Waals surface area (Å²) in [5.41, 5.74) is -0.156. The highest BCUT2D eigenvalue weighted by Gasteiger charge is 2.29. The van der Waals surface area contributed by atoms with Gasteiger partial charge in [-0.25, -0.2) is 0 Å². The Morgan fingerprint density at radius 1 is 1.36 bits per heavy atom. The van der Waals surface area contributed by atoms with Crippen LogP contribution in [0.3, 0.4) is 0 Å². The number of carbonyl (C=O) groups is 1. The van der Waals surface area contributed by atoms with Crippen molar-refractivity contribution in [3.05, 3.63) is 0 Å². The van der Waals surface area contributed by atoms with Gasteiger partial charge in [-0.05, 0) is 0 Å². The van der Waals surface area contributed by atoms with Gasteiger partial charge >= 0.3 is 0 Å². The predicted molar refractivity (Wildman–Crippen MR) is 51.1 cm³/mol. The fourth-order valence-corrected chi connectivity index (χ4v) is 0.803. The van der Waals surface area contributed by atoms with Gasteiger partial charge in [0.25, 0.3) is 0 Å². The Morgan fingerprint density at radius 3 is 1.82 bits per heavy atom. The molecule has 0 fully saturated rings. The van der Waals surface area contributed by atoms with Crippen LogP contribution in [0.5, 0.6) is 0 Å². The van der Waals surface area contributed by atoms with Gasteiger partial charge in [-0.2, -0.15) is 0 Å². The Labute approximate surface area is 71.4 Å². The molecule has 0 rings (SSSR count). The van der Waals surface area contributed by atoms with Crippen molar-refractivity contribution in [2.75, 3.05) is 0 Å². The van der Waals surface area contributed by atoms with Gasteiger partial charge in [0.2, 0.25) is 0 Å². The van der Waals surface area contributed by atoms with E-state index in [0.717, 1.165) is 0 Å². The zero-order valence-corrected chi connectivity index (χ0v) is 8.14. The largest absolute Gasteiger partial charge is 0.311 e. The lowest BCUT2D eigenvalue weighted by molar-refractivity contribution is -0.118. The third-order valence-corrected chi connectivity index (χ3v) is 1.76. The van der Waals surface area contributed by atoms with Crippen molar-refractivity contribution >= 4 is 20.0 Å². The molecule has 0 saturated heterocycles. The number of rotatable bonds is 2. The minimum Gasteiger partial charge on any atom is -0.311 e. The Balaban J connectivity index is 4.26. The zero-order chi connectivity index (χ0) is 9.23. The van der Waals surface area contributed by atoms with Gasteiger partial charge in [0.05, 0.1) is 5.68 Å². The molecule has 0 aromatic carbocycles. The van der Waals surface area contributed by atoms with Crippen LogP contribution in [-0.2, 0) is 4.79 Å². The van der Waals surface area contributed by atoms with Crippen LogP contribution >= 0.6 is 0 Å². The van der Waals surface area contributed by atoms with E-state index in [0.29, 0.717) is 0 Å². The van der Waals surface area contributed by atoms with E-state index in [4.69, 9.17) is 7.74 Å². The maximum Gasteiger partial charge on any atom is 0.176 e. The second kappa shape index (κ2) is 3.46. The molecule has 11 heavy (non-hydrogen) atoms. The molecular weight excluding hydrogens is 134 g/mol. The Bertz CT molecular complexity index is 147. The van der Waals surface area contributed by atoms with E-state index in [1.165, 1.54) is 0 Å². The van der Waals surface area contributed by atoms with Gasteiger partial charge in [-0.3, -0.25) is 0 Å². The smallest absolute Gasteiger partial charge is 0.176 e. The molecular formula is C8H16B2O. The van der Waals surface area contributed by atoms with E-state index in [-0.39, 0.29) is 23.5 Å². The van der Waals surface area contributed by atoms with Crippen LogP contribution in [-0.4, -0.2) is 20.0 Å². The third-order valence-electron chi connectivity index (χ3n) is 1.76. The maximum absolute atomic E-state index is 11.5. The molecule has 0 bridgehead atoms. The SMILES string of the molecule is [B]B(C(=O)C(C)(C)C)C(C)C. The second-order valence-corrected chi connectivity index (χ2v) is 4.38. The van der Waals surface area contributed by atoms with Gasteiger partial charge < -0.3 is 4.79 Å². The quantitative estimate of drug-likeness (QED) is 0.547. The maximum atomic E-state index is 11.5. The lowest BCUT2D eigenvalue weighted by Crippen LogP contribution is -2.38. The summed E-state index contributed by atoms with van der Waals surface area (Å²) in [6.07, 6.45) is 0. The molecule has 3 heteroatoms. The second-order valence-electron chi connectivity index (χ2n) is 4.38. The van der Waals surface area contributed by atoms with Gasteiger partial charge in [0.15, 0.2) is 6.60 Å².